The summed E-state index contributed by atoms with van der Waals surface area (Å²) < 4.78 is 5.09. The largest absolute Gasteiger partial charge is 0.466 e. The summed E-state index contributed by atoms with van der Waals surface area (Å²) >= 11 is 0. The molecule has 1 atom stereocenters. The summed E-state index contributed by atoms with van der Waals surface area (Å²) in [7, 11) is 0. The normalized spacial score (nSPS) is 11.5. The third-order valence-electron chi connectivity index (χ3n) is 2.27. The van der Waals surface area contributed by atoms with Gasteiger partial charge in [-0.15, -0.1) is 0 Å². The molecule has 0 radical (unpaired) electrons. The second-order valence-corrected chi connectivity index (χ2v) is 3.42. The van der Waals surface area contributed by atoms with E-state index in [1.165, 1.54) is 6.26 Å². The lowest BCUT2D eigenvalue weighted by atomic mass is 10.2. The van der Waals surface area contributed by atoms with Crippen LogP contribution < -0.4 is 5.32 Å². The fourth-order valence-electron chi connectivity index (χ4n) is 1.43. The molecule has 0 bridgehead atoms. The molecule has 0 fully saturated rings. The van der Waals surface area contributed by atoms with Crippen LogP contribution in [0.2, 0.25) is 0 Å². The summed E-state index contributed by atoms with van der Waals surface area (Å²) in [5.41, 5.74) is 0.513. The van der Waals surface area contributed by atoms with Crippen LogP contribution >= 0.6 is 0 Å². The summed E-state index contributed by atoms with van der Waals surface area (Å²) in [6.07, 6.45) is 1.47. The van der Waals surface area contributed by atoms with Gasteiger partial charge in [-0.1, -0.05) is 18.2 Å². The molecule has 1 aromatic carbocycles. The molecule has 4 nitrogen and oxygen atoms in total. The van der Waals surface area contributed by atoms with Crippen molar-refractivity contribution in [3.8, 4) is 6.07 Å². The first kappa shape index (κ1) is 11.0. The van der Waals surface area contributed by atoms with Gasteiger partial charge in [-0.05, 0) is 24.3 Å². The van der Waals surface area contributed by atoms with Gasteiger partial charge in [0.25, 0.3) is 5.91 Å². The zero-order valence-electron chi connectivity index (χ0n) is 8.96. The Kier molecular flexibility index (Phi) is 3.22. The minimum Gasteiger partial charge on any atom is -0.466 e. The number of furan rings is 1. The number of benzene rings is 1. The number of nitriles is 1. The molecule has 17 heavy (non-hydrogen) atoms. The standard InChI is InChI=1S/C13H10N2O2/c14-9-11(12-7-4-8-17-12)15-13(16)10-5-2-1-3-6-10/h1-8,11H,(H,15,16). The number of hydrogen-bond acceptors (Lipinski definition) is 3. The van der Waals surface area contributed by atoms with Gasteiger partial charge >= 0.3 is 0 Å². The topological polar surface area (TPSA) is 66.0 Å². The number of carbonyl (C=O) groups excluding carboxylic acids is 1. The monoisotopic (exact) mass is 226 g/mol. The van der Waals surface area contributed by atoms with Crippen molar-refractivity contribution in [2.45, 2.75) is 6.04 Å². The van der Waals surface area contributed by atoms with Crippen molar-refractivity contribution in [3.63, 3.8) is 0 Å². The quantitative estimate of drug-likeness (QED) is 0.873. The number of nitrogens with zero attached hydrogens (tertiary/aromatic N) is 1. The predicted molar refractivity (Wildman–Crippen MR) is 61.0 cm³/mol. The van der Waals surface area contributed by atoms with Gasteiger partial charge in [-0.3, -0.25) is 4.79 Å². The van der Waals surface area contributed by atoms with Gasteiger partial charge in [0.15, 0.2) is 6.04 Å². The molecule has 1 N–H and O–H groups in total. The molecule has 1 unspecified atom stereocenters. The Morgan fingerprint density at radius 3 is 2.59 bits per heavy atom. The smallest absolute Gasteiger partial charge is 0.252 e. The first-order valence-electron chi connectivity index (χ1n) is 5.10. The Balaban J connectivity index is 2.11. The average molecular weight is 226 g/mol. The molecule has 0 saturated heterocycles. The van der Waals surface area contributed by atoms with Gasteiger partial charge in [0.05, 0.1) is 12.3 Å². The van der Waals surface area contributed by atoms with E-state index in [2.05, 4.69) is 5.32 Å². The fraction of sp³-hybridized carbons (Fsp3) is 0.0769. The highest BCUT2D eigenvalue weighted by atomic mass is 16.3. The first-order chi connectivity index (χ1) is 8.31. The van der Waals surface area contributed by atoms with Crippen LogP contribution in [0.1, 0.15) is 22.2 Å². The molecule has 2 rings (SSSR count). The van der Waals surface area contributed by atoms with Crippen LogP contribution in [0.15, 0.2) is 53.1 Å². The summed E-state index contributed by atoms with van der Waals surface area (Å²) in [6.45, 7) is 0. The third-order valence-corrected chi connectivity index (χ3v) is 2.27. The molecule has 1 aromatic heterocycles. The molecule has 0 aliphatic heterocycles. The van der Waals surface area contributed by atoms with Crippen LogP contribution in [0, 0.1) is 11.3 Å². The summed E-state index contributed by atoms with van der Waals surface area (Å²) in [5, 5.41) is 11.6. The van der Waals surface area contributed by atoms with Crippen molar-refractivity contribution in [2.75, 3.05) is 0 Å². The lowest BCUT2D eigenvalue weighted by molar-refractivity contribution is 0.0941. The van der Waals surface area contributed by atoms with Crippen LogP contribution in [-0.2, 0) is 0 Å². The Morgan fingerprint density at radius 2 is 2.00 bits per heavy atom. The third kappa shape index (κ3) is 2.52. The van der Waals surface area contributed by atoms with Crippen LogP contribution in [0.4, 0.5) is 0 Å². The number of carbonyl (C=O) groups is 1. The van der Waals surface area contributed by atoms with Crippen LogP contribution in [0.5, 0.6) is 0 Å². The molecular weight excluding hydrogens is 216 g/mol. The van der Waals surface area contributed by atoms with Crippen LogP contribution in [-0.4, -0.2) is 5.91 Å². The van der Waals surface area contributed by atoms with Crippen molar-refractivity contribution in [3.05, 3.63) is 60.1 Å². The Hall–Kier alpha value is -2.54. The van der Waals surface area contributed by atoms with E-state index in [0.29, 0.717) is 11.3 Å². The van der Waals surface area contributed by atoms with E-state index < -0.39 is 6.04 Å². The zero-order chi connectivity index (χ0) is 12.1. The van der Waals surface area contributed by atoms with E-state index in [9.17, 15) is 4.79 Å². The highest BCUT2D eigenvalue weighted by Crippen LogP contribution is 2.13. The number of rotatable bonds is 3. The maximum absolute atomic E-state index is 11.8. The maximum Gasteiger partial charge on any atom is 0.252 e. The van der Waals surface area contributed by atoms with Crippen molar-refractivity contribution in [1.82, 2.24) is 5.32 Å². The van der Waals surface area contributed by atoms with E-state index >= 15 is 0 Å². The van der Waals surface area contributed by atoms with Crippen molar-refractivity contribution < 1.29 is 9.21 Å². The van der Waals surface area contributed by atoms with Gasteiger partial charge in [-0.2, -0.15) is 5.26 Å². The second-order valence-electron chi connectivity index (χ2n) is 3.42. The molecule has 4 heteroatoms. The summed E-state index contributed by atoms with van der Waals surface area (Å²) in [5.74, 6) is 0.130. The average Bonchev–Trinajstić information content (AvgIpc) is 2.90. The molecule has 2 aromatic rings. The molecule has 84 valence electrons. The van der Waals surface area contributed by atoms with Crippen LogP contribution in [0.3, 0.4) is 0 Å². The molecule has 0 spiro atoms. The van der Waals surface area contributed by atoms with E-state index in [4.69, 9.17) is 9.68 Å². The van der Waals surface area contributed by atoms with Gasteiger partial charge in [0.1, 0.15) is 5.76 Å². The fourth-order valence-corrected chi connectivity index (χ4v) is 1.43. The highest BCUT2D eigenvalue weighted by Gasteiger charge is 2.16. The molecule has 1 heterocycles. The maximum atomic E-state index is 11.8. The van der Waals surface area contributed by atoms with Gasteiger partial charge in [0.2, 0.25) is 0 Å². The Morgan fingerprint density at radius 1 is 1.24 bits per heavy atom. The molecule has 0 saturated carbocycles. The molecular formula is C13H10N2O2. The summed E-state index contributed by atoms with van der Waals surface area (Å²) in [4.78, 5) is 11.8. The van der Waals surface area contributed by atoms with Gasteiger partial charge in [0, 0.05) is 5.56 Å². The minimum absolute atomic E-state index is 0.298. The van der Waals surface area contributed by atoms with Gasteiger partial charge in [-0.25, -0.2) is 0 Å². The van der Waals surface area contributed by atoms with Crippen molar-refractivity contribution in [2.24, 2.45) is 0 Å². The van der Waals surface area contributed by atoms with Crippen LogP contribution in [0.25, 0.3) is 0 Å². The lowest BCUT2D eigenvalue weighted by Gasteiger charge is -2.08. The molecule has 0 aliphatic carbocycles. The van der Waals surface area contributed by atoms with Crippen molar-refractivity contribution >= 4 is 5.91 Å². The summed E-state index contributed by atoms with van der Waals surface area (Å²) in [6, 6.07) is 13.3. The van der Waals surface area contributed by atoms with Crippen molar-refractivity contribution in [1.29, 1.82) is 5.26 Å². The first-order valence-corrected chi connectivity index (χ1v) is 5.10. The Labute approximate surface area is 98.5 Å². The lowest BCUT2D eigenvalue weighted by Crippen LogP contribution is -2.27. The SMILES string of the molecule is N#CC(NC(=O)c1ccccc1)c1ccco1. The van der Waals surface area contributed by atoms with E-state index in [-0.39, 0.29) is 5.91 Å². The Bertz CT molecular complexity index is 526. The number of hydrogen-bond donors (Lipinski definition) is 1. The van der Waals surface area contributed by atoms with E-state index in [1.807, 2.05) is 12.1 Å². The highest BCUT2D eigenvalue weighted by molar-refractivity contribution is 5.94. The van der Waals surface area contributed by atoms with E-state index in [1.54, 1.807) is 36.4 Å². The second kappa shape index (κ2) is 4.99. The van der Waals surface area contributed by atoms with E-state index in [0.717, 1.165) is 0 Å². The predicted octanol–water partition coefficient (Wildman–Crippen LogP) is 2.27. The zero-order valence-corrected chi connectivity index (χ0v) is 8.96. The molecule has 1 amide bonds. The number of amides is 1. The molecule has 0 aliphatic rings. The minimum atomic E-state index is -0.766. The van der Waals surface area contributed by atoms with Gasteiger partial charge < -0.3 is 9.73 Å². The number of nitrogens with one attached hydrogen (secondary N) is 1.